The number of aliphatic hydroxyl groups is 1. The summed E-state index contributed by atoms with van der Waals surface area (Å²) in [7, 11) is -2.57. The lowest BCUT2D eigenvalue weighted by atomic mass is 10.0. The fourth-order valence-electron chi connectivity index (χ4n) is 5.07. The molecule has 49 heavy (non-hydrogen) atoms. The highest BCUT2D eigenvalue weighted by molar-refractivity contribution is 7.90. The Bertz CT molecular complexity index is 1740. The first-order valence-electron chi connectivity index (χ1n) is 15.5. The van der Waals surface area contributed by atoms with Crippen LogP contribution in [0, 0.1) is 26.6 Å². The number of benzene rings is 2. The van der Waals surface area contributed by atoms with E-state index in [4.69, 9.17) is 15.2 Å². The lowest BCUT2D eigenvalue weighted by Gasteiger charge is -2.27. The summed E-state index contributed by atoms with van der Waals surface area (Å²) < 4.78 is 54.0. The van der Waals surface area contributed by atoms with Crippen LogP contribution >= 0.6 is 11.3 Å². The first-order valence-corrected chi connectivity index (χ1v) is 17.9. The molecule has 0 aliphatic rings. The van der Waals surface area contributed by atoms with Gasteiger partial charge in [-0.1, -0.05) is 18.2 Å². The van der Waals surface area contributed by atoms with Crippen molar-refractivity contribution in [2.45, 2.75) is 89.5 Å². The van der Waals surface area contributed by atoms with Crippen molar-refractivity contribution in [1.29, 1.82) is 0 Å². The van der Waals surface area contributed by atoms with Crippen molar-refractivity contribution in [3.63, 3.8) is 0 Å². The van der Waals surface area contributed by atoms with Crippen LogP contribution in [0.5, 0.6) is 5.75 Å². The van der Waals surface area contributed by atoms with Gasteiger partial charge >= 0.3 is 6.09 Å². The van der Waals surface area contributed by atoms with E-state index in [1.807, 2.05) is 0 Å². The fourth-order valence-corrected chi connectivity index (χ4v) is 7.23. The molecule has 1 heterocycles. The van der Waals surface area contributed by atoms with E-state index in [2.05, 4.69) is 25.3 Å². The summed E-state index contributed by atoms with van der Waals surface area (Å²) >= 11 is 1.19. The normalized spacial score (nSPS) is 14.0. The number of methoxy groups -OCH3 is 1. The molecule has 0 aliphatic heterocycles. The van der Waals surface area contributed by atoms with E-state index < -0.39 is 51.6 Å². The predicted molar refractivity (Wildman–Crippen MR) is 186 cm³/mol. The van der Waals surface area contributed by atoms with Crippen LogP contribution in [0.2, 0.25) is 0 Å². The number of ether oxygens (including phenoxy) is 2. The number of thiazole rings is 1. The second kappa shape index (κ2) is 16.9. The molecule has 16 heteroatoms. The molecule has 3 aromatic rings. The number of amides is 2. The molecule has 6 N–H and O–H groups in total. The summed E-state index contributed by atoms with van der Waals surface area (Å²) in [5.41, 5.74) is 6.97. The fraction of sp³-hybridized carbons (Fsp3) is 0.455. The molecule has 2 amide bonds. The maximum atomic E-state index is 14.6. The maximum absolute atomic E-state index is 14.6. The number of nitrogens with two attached hydrogens (primary N) is 1. The van der Waals surface area contributed by atoms with E-state index in [1.54, 1.807) is 59.1 Å². The molecule has 0 radical (unpaired) electrons. The number of sulfonamides is 1. The van der Waals surface area contributed by atoms with E-state index in [0.29, 0.717) is 27.4 Å². The minimum Gasteiger partial charge on any atom is -0.496 e. The Balaban J connectivity index is 1.76. The number of alkyl carbamates (subject to hydrolysis) is 1. The lowest BCUT2D eigenvalue weighted by molar-refractivity contribution is -0.124. The zero-order valence-electron chi connectivity index (χ0n) is 28.7. The van der Waals surface area contributed by atoms with Crippen LogP contribution in [0.1, 0.15) is 67.0 Å². The van der Waals surface area contributed by atoms with E-state index in [0.717, 1.165) is 0 Å². The van der Waals surface area contributed by atoms with E-state index >= 15 is 0 Å². The molecule has 1 aromatic heterocycles. The van der Waals surface area contributed by atoms with E-state index in [9.17, 15) is 27.5 Å². The molecule has 1 unspecified atom stereocenters. The zero-order valence-corrected chi connectivity index (χ0v) is 30.3. The number of aliphatic imine (C=N–C) groups is 1. The van der Waals surface area contributed by atoms with Crippen LogP contribution in [0.4, 0.5) is 9.18 Å². The van der Waals surface area contributed by atoms with Crippen LogP contribution in [-0.4, -0.2) is 67.8 Å². The number of hydrogen-bond donors (Lipinski definition) is 5. The van der Waals surface area contributed by atoms with Crippen molar-refractivity contribution in [3.05, 3.63) is 75.0 Å². The topological polar surface area (TPSA) is 194 Å². The quantitative estimate of drug-likeness (QED) is 0.0932. The second-order valence-electron chi connectivity index (χ2n) is 12.4. The van der Waals surface area contributed by atoms with Gasteiger partial charge < -0.3 is 30.9 Å². The van der Waals surface area contributed by atoms with Crippen molar-refractivity contribution in [2.75, 3.05) is 13.7 Å². The summed E-state index contributed by atoms with van der Waals surface area (Å²) in [5.74, 6) is -1.01. The third-order valence-corrected chi connectivity index (χ3v) is 9.95. The number of carbonyl (C=O) groups is 2. The molecule has 0 saturated carbocycles. The van der Waals surface area contributed by atoms with E-state index in [1.165, 1.54) is 42.8 Å². The van der Waals surface area contributed by atoms with Gasteiger partial charge in [0.15, 0.2) is 0 Å². The zero-order chi connectivity index (χ0) is 36.5. The number of halogens is 1. The molecule has 268 valence electrons. The van der Waals surface area contributed by atoms with Crippen molar-refractivity contribution >= 4 is 39.3 Å². The first-order chi connectivity index (χ1) is 22.9. The second-order valence-corrected chi connectivity index (χ2v) is 15.0. The van der Waals surface area contributed by atoms with Crippen molar-refractivity contribution < 1.29 is 37.0 Å². The average Bonchev–Trinajstić information content (AvgIpc) is 3.54. The monoisotopic (exact) mass is 720 g/mol. The van der Waals surface area contributed by atoms with Crippen molar-refractivity contribution in [2.24, 2.45) is 10.7 Å². The number of guanidine groups is 1. The van der Waals surface area contributed by atoms with E-state index in [-0.39, 0.29) is 42.2 Å². The van der Waals surface area contributed by atoms with Gasteiger partial charge in [-0.25, -0.2) is 27.3 Å². The van der Waals surface area contributed by atoms with Crippen LogP contribution in [-0.2, 0) is 26.0 Å². The van der Waals surface area contributed by atoms with Crippen LogP contribution in [0.3, 0.4) is 0 Å². The number of hydrogen-bond acceptors (Lipinski definition) is 10. The highest BCUT2D eigenvalue weighted by Gasteiger charge is 2.31. The molecule has 0 fully saturated rings. The molecule has 2 aromatic carbocycles. The molecule has 3 rings (SSSR count). The highest BCUT2D eigenvalue weighted by Crippen LogP contribution is 2.30. The molecule has 3 atom stereocenters. The number of aromatic nitrogens is 1. The van der Waals surface area contributed by atoms with Crippen LogP contribution < -0.4 is 25.8 Å². The predicted octanol–water partition coefficient (Wildman–Crippen LogP) is 3.94. The Morgan fingerprint density at radius 2 is 1.84 bits per heavy atom. The van der Waals surface area contributed by atoms with Gasteiger partial charge in [0.1, 0.15) is 34.3 Å². The minimum atomic E-state index is -4.08. The largest absolute Gasteiger partial charge is 0.496 e. The summed E-state index contributed by atoms with van der Waals surface area (Å²) in [6.07, 6.45) is -0.367. The lowest BCUT2D eigenvalue weighted by Crippen LogP contribution is -2.52. The summed E-state index contributed by atoms with van der Waals surface area (Å²) in [5, 5.41) is 18.5. The molecule has 0 bridgehead atoms. The van der Waals surface area contributed by atoms with Gasteiger partial charge in [0.25, 0.3) is 10.0 Å². The van der Waals surface area contributed by atoms with Crippen LogP contribution in [0.25, 0.3) is 0 Å². The van der Waals surface area contributed by atoms with Gasteiger partial charge in [-0.3, -0.25) is 9.79 Å². The van der Waals surface area contributed by atoms with Gasteiger partial charge in [-0.2, -0.15) is 0 Å². The van der Waals surface area contributed by atoms with Gasteiger partial charge in [-0.05, 0) is 88.8 Å². The summed E-state index contributed by atoms with van der Waals surface area (Å²) in [4.78, 5) is 34.7. The molecule has 0 saturated heterocycles. The van der Waals surface area contributed by atoms with Gasteiger partial charge in [0.2, 0.25) is 11.9 Å². The first kappa shape index (κ1) is 39.2. The Kier molecular flexibility index (Phi) is 13.5. The number of aliphatic hydroxyl groups excluding tert-OH is 1. The molecule has 0 aliphatic carbocycles. The van der Waals surface area contributed by atoms with Gasteiger partial charge in [0.05, 0.1) is 18.0 Å². The Hall–Kier alpha value is -4.28. The molecular formula is C33H45FN6O7S2. The SMILES string of the molecule is COc1cc(C)c(S(=O)(=O)NC(N)=NCCC[C@H](NC(=O)[C@H](Cc2ccccc2F)NC(=O)OC(C)(C)C)C(O)c2nccs2)c(C)c1C. The summed E-state index contributed by atoms with van der Waals surface area (Å²) in [6, 6.07) is 5.34. The maximum Gasteiger partial charge on any atom is 0.408 e. The number of carbonyl (C=O) groups excluding carboxylic acids is 2. The summed E-state index contributed by atoms with van der Waals surface area (Å²) in [6.45, 7) is 10.1. The number of rotatable bonds is 14. The Morgan fingerprint density at radius 3 is 2.45 bits per heavy atom. The van der Waals surface area contributed by atoms with Crippen molar-refractivity contribution in [3.8, 4) is 5.75 Å². The van der Waals surface area contributed by atoms with Gasteiger partial charge in [-0.15, -0.1) is 11.3 Å². The smallest absolute Gasteiger partial charge is 0.408 e. The molecule has 13 nitrogen and oxygen atoms in total. The van der Waals surface area contributed by atoms with Crippen molar-refractivity contribution in [1.82, 2.24) is 20.3 Å². The highest BCUT2D eigenvalue weighted by atomic mass is 32.2. The number of nitrogens with zero attached hydrogens (tertiary/aromatic N) is 2. The third-order valence-electron chi connectivity index (χ3n) is 7.46. The number of aryl methyl sites for hydroxylation is 1. The standard InChI is InChI=1S/C33H45FN6O7S2/c1-19-17-26(46-7)20(2)21(3)28(19)49(44,45)40-31(35)37-14-10-13-24(27(41)30-36-15-16-48-30)38-29(42)25(39-32(43)47-33(4,5)6)18-22-11-8-9-12-23(22)34/h8-9,11-12,15-17,24-25,27,41H,10,13-14,18H2,1-7H3,(H,38,42)(H,39,43)(H3,35,37,40)/t24-,25-,27?/m0/s1. The average molecular weight is 721 g/mol. The molecule has 0 spiro atoms. The molecular weight excluding hydrogens is 676 g/mol. The third kappa shape index (κ3) is 11.1. The Morgan fingerprint density at radius 1 is 1.14 bits per heavy atom. The minimum absolute atomic E-state index is 0.0414. The number of nitrogens with one attached hydrogen (secondary N) is 3. The Labute approximate surface area is 290 Å². The van der Waals surface area contributed by atoms with Gasteiger partial charge in [0, 0.05) is 24.5 Å². The van der Waals surface area contributed by atoms with Crippen LogP contribution in [0.15, 0.2) is 51.8 Å².